The molecule has 4 amide bonds. The fourth-order valence-electron chi connectivity index (χ4n) is 3.17. The molecule has 0 radical (unpaired) electrons. The third kappa shape index (κ3) is 3.66. The van der Waals surface area contributed by atoms with Crippen molar-refractivity contribution < 1.29 is 14.4 Å². The highest BCUT2D eigenvalue weighted by Crippen LogP contribution is 2.32. The maximum Gasteiger partial charge on any atom is 0.325 e. The minimum atomic E-state index is -1.14. The van der Waals surface area contributed by atoms with E-state index in [0.29, 0.717) is 17.0 Å². The molecule has 7 heteroatoms. The Morgan fingerprint density at radius 2 is 1.78 bits per heavy atom. The van der Waals surface area contributed by atoms with Crippen LogP contribution in [0.25, 0.3) is 0 Å². The Morgan fingerprint density at radius 1 is 1.11 bits per heavy atom. The first kappa shape index (κ1) is 18.9. The summed E-state index contributed by atoms with van der Waals surface area (Å²) in [6.07, 6.45) is 0.388. The molecule has 3 rings (SSSR count). The second-order valence-corrected chi connectivity index (χ2v) is 6.72. The van der Waals surface area contributed by atoms with Gasteiger partial charge in [-0.2, -0.15) is 0 Å². The average Bonchev–Trinajstić information content (AvgIpc) is 2.93. The van der Waals surface area contributed by atoms with Crippen LogP contribution in [0.3, 0.4) is 0 Å². The van der Waals surface area contributed by atoms with Gasteiger partial charge in [-0.1, -0.05) is 67.1 Å². The molecule has 1 aliphatic heterocycles. The molecule has 1 atom stereocenters. The summed E-state index contributed by atoms with van der Waals surface area (Å²) in [7, 11) is 0. The van der Waals surface area contributed by atoms with Crippen molar-refractivity contribution in [1.82, 2.24) is 15.5 Å². The van der Waals surface area contributed by atoms with Crippen LogP contribution < -0.4 is 10.6 Å². The van der Waals surface area contributed by atoms with Crippen molar-refractivity contribution in [2.45, 2.75) is 25.4 Å². The number of imide groups is 1. The van der Waals surface area contributed by atoms with Crippen molar-refractivity contribution in [3.05, 3.63) is 70.7 Å². The van der Waals surface area contributed by atoms with E-state index in [4.69, 9.17) is 11.6 Å². The molecule has 0 saturated carbocycles. The number of nitrogens with zero attached hydrogens (tertiary/aromatic N) is 1. The number of hydrogen-bond acceptors (Lipinski definition) is 3. The van der Waals surface area contributed by atoms with Crippen LogP contribution in [-0.4, -0.2) is 29.3 Å². The number of carbonyl (C=O) groups excluding carboxylic acids is 3. The lowest BCUT2D eigenvalue weighted by Crippen LogP contribution is -2.44. The van der Waals surface area contributed by atoms with E-state index in [1.807, 2.05) is 31.2 Å². The molecule has 27 heavy (non-hydrogen) atoms. The summed E-state index contributed by atoms with van der Waals surface area (Å²) in [5.41, 5.74) is 0.322. The van der Waals surface area contributed by atoms with Crippen LogP contribution in [0, 0.1) is 0 Å². The van der Waals surface area contributed by atoms with E-state index in [1.54, 1.807) is 30.3 Å². The second kappa shape index (κ2) is 7.80. The van der Waals surface area contributed by atoms with Crippen molar-refractivity contribution in [2.75, 3.05) is 6.54 Å². The third-order valence-electron chi connectivity index (χ3n) is 4.71. The van der Waals surface area contributed by atoms with Crippen LogP contribution in [0.1, 0.15) is 24.5 Å². The molecule has 2 N–H and O–H groups in total. The lowest BCUT2D eigenvalue weighted by atomic mass is 9.87. The number of halogens is 1. The molecule has 2 aromatic rings. The van der Waals surface area contributed by atoms with Gasteiger partial charge in [-0.25, -0.2) is 4.79 Å². The first-order valence-electron chi connectivity index (χ1n) is 8.67. The summed E-state index contributed by atoms with van der Waals surface area (Å²) in [6, 6.07) is 15.6. The molecule has 2 aromatic carbocycles. The lowest BCUT2D eigenvalue weighted by molar-refractivity contribution is -0.135. The Labute approximate surface area is 162 Å². The van der Waals surface area contributed by atoms with Crippen LogP contribution in [0.4, 0.5) is 4.79 Å². The zero-order chi connectivity index (χ0) is 19.4. The smallest absolute Gasteiger partial charge is 0.325 e. The van der Waals surface area contributed by atoms with E-state index >= 15 is 0 Å². The van der Waals surface area contributed by atoms with Crippen LogP contribution in [-0.2, 0) is 21.7 Å². The zero-order valence-electron chi connectivity index (χ0n) is 14.9. The lowest BCUT2D eigenvalue weighted by Gasteiger charge is -2.25. The van der Waals surface area contributed by atoms with E-state index in [-0.39, 0.29) is 13.1 Å². The first-order chi connectivity index (χ1) is 13.0. The molecule has 0 aromatic heterocycles. The predicted octanol–water partition coefficient (Wildman–Crippen LogP) is 2.81. The molecule has 1 fully saturated rings. The van der Waals surface area contributed by atoms with E-state index in [2.05, 4.69) is 10.6 Å². The van der Waals surface area contributed by atoms with E-state index < -0.39 is 23.4 Å². The molecule has 1 unspecified atom stereocenters. The fourth-order valence-corrected chi connectivity index (χ4v) is 3.37. The normalized spacial score (nSPS) is 19.1. The summed E-state index contributed by atoms with van der Waals surface area (Å²) in [5, 5.41) is 6.00. The van der Waals surface area contributed by atoms with Crippen LogP contribution in [0.2, 0.25) is 5.02 Å². The minimum absolute atomic E-state index is 0.222. The monoisotopic (exact) mass is 385 g/mol. The van der Waals surface area contributed by atoms with Gasteiger partial charge in [0.25, 0.3) is 5.91 Å². The Bertz CT molecular complexity index is 872. The number of rotatable bonds is 6. The van der Waals surface area contributed by atoms with E-state index in [1.165, 1.54) is 0 Å². The highest BCUT2D eigenvalue weighted by molar-refractivity contribution is 6.31. The number of benzene rings is 2. The summed E-state index contributed by atoms with van der Waals surface area (Å²) in [4.78, 5) is 38.6. The molecule has 1 saturated heterocycles. The van der Waals surface area contributed by atoms with Gasteiger partial charge in [0.15, 0.2) is 0 Å². The summed E-state index contributed by atoms with van der Waals surface area (Å²) in [6.45, 7) is 1.70. The van der Waals surface area contributed by atoms with E-state index in [9.17, 15) is 14.4 Å². The zero-order valence-corrected chi connectivity index (χ0v) is 15.6. The molecule has 6 nitrogen and oxygen atoms in total. The number of amides is 4. The molecule has 0 aliphatic carbocycles. The molecule has 0 spiro atoms. The fraction of sp³-hybridized carbons (Fsp3) is 0.250. The Kier molecular flexibility index (Phi) is 5.46. The van der Waals surface area contributed by atoms with Crippen molar-refractivity contribution >= 4 is 29.4 Å². The molecular weight excluding hydrogens is 366 g/mol. The SMILES string of the molecule is CCC1(c2ccccc2)NC(=O)N(CC(=O)NCc2ccccc2Cl)C1=O. The highest BCUT2D eigenvalue weighted by Gasteiger charge is 2.51. The standard InChI is InChI=1S/C20H20ClN3O3/c1-2-20(15-9-4-3-5-10-15)18(26)24(19(27)23-20)13-17(25)22-12-14-8-6-7-11-16(14)21/h3-11H,2,12-13H2,1H3,(H,22,25)(H,23,27). The minimum Gasteiger partial charge on any atom is -0.350 e. The van der Waals surface area contributed by atoms with Crippen molar-refractivity contribution in [3.8, 4) is 0 Å². The number of urea groups is 1. The van der Waals surface area contributed by atoms with Gasteiger partial charge in [-0.15, -0.1) is 0 Å². The van der Waals surface area contributed by atoms with Gasteiger partial charge in [0, 0.05) is 11.6 Å². The number of hydrogen-bond donors (Lipinski definition) is 2. The van der Waals surface area contributed by atoms with E-state index in [0.717, 1.165) is 10.5 Å². The molecular formula is C20H20ClN3O3. The first-order valence-corrected chi connectivity index (χ1v) is 9.05. The van der Waals surface area contributed by atoms with Crippen LogP contribution in [0.5, 0.6) is 0 Å². The van der Waals surface area contributed by atoms with Crippen LogP contribution >= 0.6 is 11.6 Å². The van der Waals surface area contributed by atoms with Crippen molar-refractivity contribution in [3.63, 3.8) is 0 Å². The second-order valence-electron chi connectivity index (χ2n) is 6.31. The molecule has 0 bridgehead atoms. The predicted molar refractivity (Wildman–Crippen MR) is 102 cm³/mol. The molecule has 1 aliphatic rings. The maximum atomic E-state index is 13.0. The summed E-state index contributed by atoms with van der Waals surface area (Å²) < 4.78 is 0. The molecule has 140 valence electrons. The maximum absolute atomic E-state index is 13.0. The van der Waals surface area contributed by atoms with Gasteiger partial charge in [0.05, 0.1) is 0 Å². The Morgan fingerprint density at radius 3 is 2.44 bits per heavy atom. The van der Waals surface area contributed by atoms with Gasteiger partial charge in [0.1, 0.15) is 12.1 Å². The van der Waals surface area contributed by atoms with Crippen LogP contribution in [0.15, 0.2) is 54.6 Å². The highest BCUT2D eigenvalue weighted by atomic mass is 35.5. The Balaban J connectivity index is 1.70. The third-order valence-corrected chi connectivity index (χ3v) is 5.08. The van der Waals surface area contributed by atoms with Gasteiger partial charge >= 0.3 is 6.03 Å². The summed E-state index contributed by atoms with van der Waals surface area (Å²) >= 11 is 6.07. The largest absolute Gasteiger partial charge is 0.350 e. The van der Waals surface area contributed by atoms with Crippen molar-refractivity contribution in [2.24, 2.45) is 0 Å². The van der Waals surface area contributed by atoms with Gasteiger partial charge < -0.3 is 10.6 Å². The van der Waals surface area contributed by atoms with Crippen molar-refractivity contribution in [1.29, 1.82) is 0 Å². The van der Waals surface area contributed by atoms with Gasteiger partial charge in [0.2, 0.25) is 5.91 Å². The van der Waals surface area contributed by atoms with Gasteiger partial charge in [-0.05, 0) is 23.6 Å². The molecule has 1 heterocycles. The average molecular weight is 386 g/mol. The Hall–Kier alpha value is -2.86. The number of carbonyl (C=O) groups is 3. The number of nitrogens with one attached hydrogen (secondary N) is 2. The summed E-state index contributed by atoms with van der Waals surface area (Å²) in [5.74, 6) is -0.854. The van der Waals surface area contributed by atoms with Gasteiger partial charge in [-0.3, -0.25) is 14.5 Å². The topological polar surface area (TPSA) is 78.5 Å². The quantitative estimate of drug-likeness (QED) is 0.750.